The van der Waals surface area contributed by atoms with Crippen LogP contribution in [0, 0.1) is 0 Å². The molecule has 6 heteroatoms. The summed E-state index contributed by atoms with van der Waals surface area (Å²) in [6.07, 6.45) is -0.559. The minimum absolute atomic E-state index is 0.176. The number of amides is 1. The molecule has 4 N–H and O–H groups in total. The Hall–Kier alpha value is -1.46. The summed E-state index contributed by atoms with van der Waals surface area (Å²) in [5, 5.41) is 0.347. The van der Waals surface area contributed by atoms with E-state index in [9.17, 15) is 4.79 Å². The lowest BCUT2D eigenvalue weighted by molar-refractivity contribution is 0.0893. The van der Waals surface area contributed by atoms with E-state index < -0.39 is 12.1 Å². The number of hydrogen-bond donors (Lipinski definition) is 2. The molecule has 0 fully saturated rings. The zero-order chi connectivity index (χ0) is 11.0. The lowest BCUT2D eigenvalue weighted by Crippen LogP contribution is -2.37. The number of carbonyl (C=O) groups excluding carboxylic acids is 1. The molecule has 0 saturated carbocycles. The highest BCUT2D eigenvalue weighted by atomic mass is 35.5. The first-order valence-electron chi connectivity index (χ1n) is 4.26. The molecular weight excluding hydrogens is 220 g/mol. The summed E-state index contributed by atoms with van der Waals surface area (Å²) in [7, 11) is 0. The molecule has 0 saturated heterocycles. The number of ether oxygens (including phenoxy) is 2. The van der Waals surface area contributed by atoms with E-state index in [2.05, 4.69) is 0 Å². The number of hydrogen-bond acceptors (Lipinski definition) is 4. The van der Waals surface area contributed by atoms with Crippen molar-refractivity contribution in [1.82, 2.24) is 0 Å². The normalized spacial score (nSPS) is 18.7. The van der Waals surface area contributed by atoms with E-state index in [4.69, 9.17) is 32.5 Å². The third-order valence-electron chi connectivity index (χ3n) is 1.96. The van der Waals surface area contributed by atoms with Gasteiger partial charge in [0.05, 0.1) is 5.56 Å². The van der Waals surface area contributed by atoms with Gasteiger partial charge in [0.15, 0.2) is 17.7 Å². The van der Waals surface area contributed by atoms with Gasteiger partial charge in [0, 0.05) is 11.1 Å². The SMILES string of the molecule is NC(=O)c1cc(Cl)cc2c1OCC(N)O2. The summed E-state index contributed by atoms with van der Waals surface area (Å²) in [6, 6.07) is 2.96. The Bertz CT molecular complexity index is 422. The lowest BCUT2D eigenvalue weighted by atomic mass is 10.1. The summed E-state index contributed by atoms with van der Waals surface area (Å²) in [5.41, 5.74) is 10.9. The fourth-order valence-electron chi connectivity index (χ4n) is 1.35. The van der Waals surface area contributed by atoms with Gasteiger partial charge in [-0.2, -0.15) is 0 Å². The zero-order valence-electron chi connectivity index (χ0n) is 7.70. The first-order chi connectivity index (χ1) is 7.08. The van der Waals surface area contributed by atoms with Gasteiger partial charge in [-0.05, 0) is 6.07 Å². The van der Waals surface area contributed by atoms with E-state index in [1.807, 2.05) is 0 Å². The molecule has 2 rings (SSSR count). The van der Waals surface area contributed by atoms with Gasteiger partial charge in [0.1, 0.15) is 6.61 Å². The molecule has 1 aromatic rings. The summed E-state index contributed by atoms with van der Waals surface area (Å²) < 4.78 is 10.5. The number of carbonyl (C=O) groups is 1. The van der Waals surface area contributed by atoms with Gasteiger partial charge in [-0.3, -0.25) is 10.5 Å². The van der Waals surface area contributed by atoms with E-state index in [1.165, 1.54) is 12.1 Å². The Morgan fingerprint density at radius 3 is 2.93 bits per heavy atom. The minimum Gasteiger partial charge on any atom is -0.484 e. The highest BCUT2D eigenvalue weighted by Gasteiger charge is 2.23. The van der Waals surface area contributed by atoms with Gasteiger partial charge in [0.25, 0.3) is 5.91 Å². The molecule has 15 heavy (non-hydrogen) atoms. The van der Waals surface area contributed by atoms with Gasteiger partial charge in [-0.1, -0.05) is 11.6 Å². The molecule has 1 aliphatic heterocycles. The van der Waals surface area contributed by atoms with Crippen LogP contribution in [0.3, 0.4) is 0 Å². The van der Waals surface area contributed by atoms with E-state index in [1.54, 1.807) is 0 Å². The smallest absolute Gasteiger partial charge is 0.252 e. The maximum absolute atomic E-state index is 11.1. The quantitative estimate of drug-likeness (QED) is 0.733. The van der Waals surface area contributed by atoms with Crippen LogP contribution in [0.5, 0.6) is 11.5 Å². The average Bonchev–Trinajstić information content (AvgIpc) is 2.15. The van der Waals surface area contributed by atoms with E-state index in [-0.39, 0.29) is 12.2 Å². The Morgan fingerprint density at radius 2 is 2.27 bits per heavy atom. The minimum atomic E-state index is -0.618. The van der Waals surface area contributed by atoms with Crippen LogP contribution in [0.1, 0.15) is 10.4 Å². The van der Waals surface area contributed by atoms with Crippen LogP contribution in [0.25, 0.3) is 0 Å². The fourth-order valence-corrected chi connectivity index (χ4v) is 1.56. The molecule has 1 aliphatic rings. The lowest BCUT2D eigenvalue weighted by Gasteiger charge is -2.25. The van der Waals surface area contributed by atoms with Gasteiger partial charge in [-0.15, -0.1) is 0 Å². The number of nitrogens with two attached hydrogens (primary N) is 2. The van der Waals surface area contributed by atoms with Crippen molar-refractivity contribution in [2.45, 2.75) is 6.23 Å². The van der Waals surface area contributed by atoms with Gasteiger partial charge < -0.3 is 15.2 Å². The number of primary amides is 1. The maximum atomic E-state index is 11.1. The molecule has 1 unspecified atom stereocenters. The predicted molar refractivity (Wildman–Crippen MR) is 54.1 cm³/mol. The van der Waals surface area contributed by atoms with Crippen molar-refractivity contribution in [3.63, 3.8) is 0 Å². The molecular formula is C9H9ClN2O3. The maximum Gasteiger partial charge on any atom is 0.252 e. The van der Waals surface area contributed by atoms with Crippen LogP contribution >= 0.6 is 11.6 Å². The van der Waals surface area contributed by atoms with E-state index >= 15 is 0 Å². The molecule has 80 valence electrons. The molecule has 1 amide bonds. The van der Waals surface area contributed by atoms with Gasteiger partial charge >= 0.3 is 0 Å². The molecule has 0 aromatic heterocycles. The van der Waals surface area contributed by atoms with Crippen LogP contribution in [-0.2, 0) is 0 Å². The molecule has 0 radical (unpaired) electrons. The van der Waals surface area contributed by atoms with E-state index in [0.29, 0.717) is 16.5 Å². The molecule has 0 aliphatic carbocycles. The Morgan fingerprint density at radius 1 is 1.53 bits per heavy atom. The topological polar surface area (TPSA) is 87.6 Å². The van der Waals surface area contributed by atoms with Crippen LogP contribution in [-0.4, -0.2) is 18.7 Å². The second-order valence-corrected chi connectivity index (χ2v) is 3.55. The Balaban J connectivity index is 2.54. The van der Waals surface area contributed by atoms with Gasteiger partial charge in [-0.25, -0.2) is 0 Å². The van der Waals surface area contributed by atoms with Gasteiger partial charge in [0.2, 0.25) is 0 Å². The van der Waals surface area contributed by atoms with Crippen LogP contribution < -0.4 is 20.9 Å². The second kappa shape index (κ2) is 3.60. The molecule has 1 heterocycles. The molecule has 5 nitrogen and oxygen atoms in total. The molecule has 0 spiro atoms. The summed E-state index contributed by atoms with van der Waals surface area (Å²) in [4.78, 5) is 11.1. The van der Waals surface area contributed by atoms with Crippen LogP contribution in [0.4, 0.5) is 0 Å². The van der Waals surface area contributed by atoms with Crippen molar-refractivity contribution in [3.8, 4) is 11.5 Å². The van der Waals surface area contributed by atoms with Crippen molar-refractivity contribution in [1.29, 1.82) is 0 Å². The van der Waals surface area contributed by atoms with Crippen LogP contribution in [0.2, 0.25) is 5.02 Å². The highest BCUT2D eigenvalue weighted by Crippen LogP contribution is 2.37. The third kappa shape index (κ3) is 1.84. The van der Waals surface area contributed by atoms with Crippen LogP contribution in [0.15, 0.2) is 12.1 Å². The Kier molecular flexibility index (Phi) is 2.42. The summed E-state index contributed by atoms with van der Waals surface area (Å²) in [5.74, 6) is 0.0245. The zero-order valence-corrected chi connectivity index (χ0v) is 8.45. The number of rotatable bonds is 1. The second-order valence-electron chi connectivity index (χ2n) is 3.11. The van der Waals surface area contributed by atoms with Crippen molar-refractivity contribution in [3.05, 3.63) is 22.7 Å². The monoisotopic (exact) mass is 228 g/mol. The standard InChI is InChI=1S/C9H9ClN2O3/c10-4-1-5(9(12)13)8-6(2-4)15-7(11)3-14-8/h1-2,7H,3,11H2,(H2,12,13). The number of benzene rings is 1. The molecule has 0 bridgehead atoms. The van der Waals surface area contributed by atoms with Crippen molar-refractivity contribution >= 4 is 17.5 Å². The number of halogens is 1. The number of fused-ring (bicyclic) bond motifs is 1. The summed E-state index contributed by atoms with van der Waals surface area (Å²) >= 11 is 5.79. The van der Waals surface area contributed by atoms with E-state index in [0.717, 1.165) is 0 Å². The van der Waals surface area contributed by atoms with Crippen molar-refractivity contribution < 1.29 is 14.3 Å². The third-order valence-corrected chi connectivity index (χ3v) is 2.17. The average molecular weight is 229 g/mol. The first-order valence-corrected chi connectivity index (χ1v) is 4.64. The van der Waals surface area contributed by atoms with Crippen molar-refractivity contribution in [2.24, 2.45) is 11.5 Å². The molecule has 1 atom stereocenters. The fraction of sp³-hybridized carbons (Fsp3) is 0.222. The highest BCUT2D eigenvalue weighted by molar-refractivity contribution is 6.31. The van der Waals surface area contributed by atoms with Crippen molar-refractivity contribution in [2.75, 3.05) is 6.61 Å². The predicted octanol–water partition coefficient (Wildman–Crippen LogP) is 0.495. The summed E-state index contributed by atoms with van der Waals surface area (Å²) in [6.45, 7) is 0.176. The molecule has 1 aromatic carbocycles. The largest absolute Gasteiger partial charge is 0.484 e. The Labute approximate surface area is 90.9 Å². The first kappa shape index (κ1) is 10.1.